The average Bonchev–Trinajstić information content (AvgIpc) is 2.93. The normalized spacial score (nSPS) is 14.9. The summed E-state index contributed by atoms with van der Waals surface area (Å²) in [4.78, 5) is 64.3. The van der Waals surface area contributed by atoms with E-state index < -0.39 is 24.1 Å². The molecule has 0 spiro atoms. The number of hydrogen-bond acceptors (Lipinski definition) is 5. The number of amides is 5. The van der Waals surface area contributed by atoms with Crippen LogP contribution in [0.5, 0.6) is 0 Å². The third-order valence-corrected chi connectivity index (χ3v) is 7.34. The molecular weight excluding hydrogens is 538 g/mol. The molecule has 2 unspecified atom stereocenters. The highest BCUT2D eigenvalue weighted by atomic mass is 35.5. The predicted molar refractivity (Wildman–Crippen MR) is 152 cm³/mol. The van der Waals surface area contributed by atoms with Gasteiger partial charge in [-0.25, -0.2) is 9.59 Å². The van der Waals surface area contributed by atoms with Gasteiger partial charge in [-0.1, -0.05) is 55.8 Å². The number of nitrogens with zero attached hydrogens (tertiary/aromatic N) is 2. The Morgan fingerprint density at radius 2 is 1.88 bits per heavy atom. The third-order valence-electron chi connectivity index (χ3n) is 7.10. The monoisotopic (exact) mass is 579 g/mol. The molecule has 5 amide bonds. The van der Waals surface area contributed by atoms with Gasteiger partial charge in [0.2, 0.25) is 11.8 Å². The third kappa shape index (κ3) is 11.4. The molecule has 40 heavy (non-hydrogen) atoms. The minimum absolute atomic E-state index is 0.000204. The van der Waals surface area contributed by atoms with Gasteiger partial charge in [-0.2, -0.15) is 0 Å². The van der Waals surface area contributed by atoms with Crippen molar-refractivity contribution in [2.24, 2.45) is 5.92 Å². The second-order valence-corrected chi connectivity index (χ2v) is 10.6. The van der Waals surface area contributed by atoms with E-state index in [4.69, 9.17) is 11.6 Å². The summed E-state index contributed by atoms with van der Waals surface area (Å²) in [6.45, 7) is 2.82. The Kier molecular flexibility index (Phi) is 14.3. The van der Waals surface area contributed by atoms with E-state index >= 15 is 0 Å². The lowest BCUT2D eigenvalue weighted by Crippen LogP contribution is -2.52. The van der Waals surface area contributed by atoms with Gasteiger partial charge in [0.1, 0.15) is 12.3 Å². The van der Waals surface area contributed by atoms with Gasteiger partial charge in [-0.05, 0) is 43.4 Å². The highest BCUT2D eigenvalue weighted by molar-refractivity contribution is 6.30. The quantitative estimate of drug-likeness (QED) is 0.234. The molecule has 0 bridgehead atoms. The summed E-state index contributed by atoms with van der Waals surface area (Å²) in [5.41, 5.74) is 0.651. The molecule has 1 saturated carbocycles. The van der Waals surface area contributed by atoms with Crippen LogP contribution in [0.25, 0.3) is 0 Å². The van der Waals surface area contributed by atoms with Crippen molar-refractivity contribution in [1.82, 2.24) is 25.8 Å². The van der Waals surface area contributed by atoms with Crippen LogP contribution in [0.2, 0.25) is 5.02 Å². The maximum absolute atomic E-state index is 13.5. The molecule has 12 heteroatoms. The highest BCUT2D eigenvalue weighted by Gasteiger charge is 2.34. The fourth-order valence-electron chi connectivity index (χ4n) is 4.87. The molecule has 1 aliphatic carbocycles. The van der Waals surface area contributed by atoms with Gasteiger partial charge in [0.05, 0.1) is 6.04 Å². The molecule has 1 aliphatic rings. The van der Waals surface area contributed by atoms with Gasteiger partial charge in [0.15, 0.2) is 0 Å². The van der Waals surface area contributed by atoms with Crippen LogP contribution < -0.4 is 16.0 Å². The predicted octanol–water partition coefficient (Wildman–Crippen LogP) is 3.40. The Labute approximate surface area is 241 Å². The lowest BCUT2D eigenvalue weighted by atomic mass is 9.84. The van der Waals surface area contributed by atoms with Crippen molar-refractivity contribution in [1.29, 1.82) is 0 Å². The van der Waals surface area contributed by atoms with E-state index in [1.54, 1.807) is 38.2 Å². The van der Waals surface area contributed by atoms with Crippen LogP contribution in [0.4, 0.5) is 9.59 Å². The smallest absolute Gasteiger partial charge is 0.408 e. The molecule has 11 nitrogen and oxygen atoms in total. The summed E-state index contributed by atoms with van der Waals surface area (Å²) in [5.74, 6) is -0.603. The van der Waals surface area contributed by atoms with Crippen molar-refractivity contribution in [3.63, 3.8) is 0 Å². The second kappa shape index (κ2) is 17.4. The molecular formula is C28H42ClN5O6. The summed E-state index contributed by atoms with van der Waals surface area (Å²) >= 11 is 6.09. The zero-order chi connectivity index (χ0) is 29.5. The largest absolute Gasteiger partial charge is 0.465 e. The first-order chi connectivity index (χ1) is 19.1. The number of likely N-dealkylation sites (N-methyl/N-ethyl adjacent to an activating group) is 1. The van der Waals surface area contributed by atoms with Gasteiger partial charge < -0.3 is 30.8 Å². The molecule has 2 rings (SSSR count). The minimum atomic E-state index is -1.24. The summed E-state index contributed by atoms with van der Waals surface area (Å²) in [7, 11) is 1.59. The number of carboxylic acid groups (broad SMARTS) is 1. The Morgan fingerprint density at radius 1 is 1.15 bits per heavy atom. The van der Waals surface area contributed by atoms with Crippen LogP contribution in [-0.4, -0.2) is 83.9 Å². The number of nitrogens with one attached hydrogen (secondary N) is 3. The first-order valence-corrected chi connectivity index (χ1v) is 14.3. The number of hydrogen-bond donors (Lipinski definition) is 4. The first-order valence-electron chi connectivity index (χ1n) is 13.9. The molecule has 0 aromatic heterocycles. The summed E-state index contributed by atoms with van der Waals surface area (Å²) in [5, 5.41) is 18.5. The Bertz CT molecular complexity index is 1000. The molecule has 2 atom stereocenters. The van der Waals surface area contributed by atoms with Crippen LogP contribution in [0.15, 0.2) is 24.3 Å². The fraction of sp³-hybridized carbons (Fsp3) is 0.607. The van der Waals surface area contributed by atoms with Crippen molar-refractivity contribution >= 4 is 41.8 Å². The molecule has 1 fully saturated rings. The lowest BCUT2D eigenvalue weighted by Gasteiger charge is -2.33. The van der Waals surface area contributed by atoms with Crippen LogP contribution >= 0.6 is 11.6 Å². The number of carbonyl (C=O) groups is 5. The van der Waals surface area contributed by atoms with E-state index in [2.05, 4.69) is 16.0 Å². The molecule has 4 N–H and O–H groups in total. The summed E-state index contributed by atoms with van der Waals surface area (Å²) in [6, 6.07) is 4.56. The number of benzene rings is 1. The minimum Gasteiger partial charge on any atom is -0.465 e. The van der Waals surface area contributed by atoms with Gasteiger partial charge in [0.25, 0.3) is 0 Å². The van der Waals surface area contributed by atoms with Crippen molar-refractivity contribution < 1.29 is 29.1 Å². The van der Waals surface area contributed by atoms with E-state index in [9.17, 15) is 29.1 Å². The van der Waals surface area contributed by atoms with E-state index in [0.717, 1.165) is 37.0 Å². The standard InChI is InChI=1S/C28H42ClN5O6/c1-3-30-27(38)31-14-15-33(2)25(36)13-12-23(19-35)32-26(37)24(17-20-8-5-4-6-9-20)34(28(39)40)18-21-10-7-11-22(29)16-21/h7,10-11,16,19-20,23-24H,3-6,8-9,12-15,17-18H2,1-2H3,(H,32,37)(H,39,40)(H2,30,31,38). The first kappa shape index (κ1) is 32.9. The van der Waals surface area contributed by atoms with Gasteiger partial charge in [-0.15, -0.1) is 0 Å². The number of halogens is 1. The van der Waals surface area contributed by atoms with Crippen molar-refractivity contribution in [2.75, 3.05) is 26.7 Å². The number of urea groups is 1. The lowest BCUT2D eigenvalue weighted by molar-refractivity contribution is -0.132. The second-order valence-electron chi connectivity index (χ2n) is 10.2. The summed E-state index contributed by atoms with van der Waals surface area (Å²) < 4.78 is 0. The molecule has 0 radical (unpaired) electrons. The topological polar surface area (TPSA) is 148 Å². The van der Waals surface area contributed by atoms with Gasteiger partial charge in [0, 0.05) is 44.7 Å². The maximum atomic E-state index is 13.5. The van der Waals surface area contributed by atoms with Crippen LogP contribution in [0.3, 0.4) is 0 Å². The SMILES string of the molecule is CCNC(=O)NCCN(C)C(=O)CCC(C=O)NC(=O)C(CC1CCCCC1)N(Cc1cccc(Cl)c1)C(=O)O. The van der Waals surface area contributed by atoms with Crippen LogP contribution in [0.1, 0.15) is 63.9 Å². The molecule has 0 heterocycles. The van der Waals surface area contributed by atoms with Crippen molar-refractivity contribution in [2.45, 2.75) is 76.9 Å². The molecule has 1 aromatic carbocycles. The average molecular weight is 580 g/mol. The molecule has 0 aliphatic heterocycles. The van der Waals surface area contributed by atoms with Gasteiger partial charge >= 0.3 is 12.1 Å². The number of carbonyl (C=O) groups excluding carboxylic acids is 4. The van der Waals surface area contributed by atoms with Crippen LogP contribution in [0, 0.1) is 5.92 Å². The highest BCUT2D eigenvalue weighted by Crippen LogP contribution is 2.29. The Balaban J connectivity index is 2.04. The zero-order valence-corrected chi connectivity index (χ0v) is 24.1. The maximum Gasteiger partial charge on any atom is 0.408 e. The Morgan fingerprint density at radius 3 is 2.50 bits per heavy atom. The Hall–Kier alpha value is -3.34. The van der Waals surface area contributed by atoms with E-state index in [1.165, 1.54) is 4.90 Å². The number of aldehydes is 1. The molecule has 1 aromatic rings. The summed E-state index contributed by atoms with van der Waals surface area (Å²) in [6.07, 6.45) is 4.78. The van der Waals surface area contributed by atoms with Crippen molar-refractivity contribution in [3.8, 4) is 0 Å². The number of rotatable bonds is 15. The van der Waals surface area contributed by atoms with Crippen LogP contribution in [-0.2, 0) is 20.9 Å². The van der Waals surface area contributed by atoms with Gasteiger partial charge in [-0.3, -0.25) is 14.5 Å². The zero-order valence-electron chi connectivity index (χ0n) is 23.4. The fourth-order valence-corrected chi connectivity index (χ4v) is 5.08. The van der Waals surface area contributed by atoms with E-state index in [-0.39, 0.29) is 50.3 Å². The van der Waals surface area contributed by atoms with Crippen molar-refractivity contribution in [3.05, 3.63) is 34.9 Å². The van der Waals surface area contributed by atoms with E-state index in [0.29, 0.717) is 29.8 Å². The van der Waals surface area contributed by atoms with E-state index in [1.807, 2.05) is 0 Å². The molecule has 222 valence electrons. The molecule has 0 saturated heterocycles.